The number of aromatic nitrogens is 2. The van der Waals surface area contributed by atoms with E-state index in [2.05, 4.69) is 15.3 Å². The van der Waals surface area contributed by atoms with Gasteiger partial charge in [-0.25, -0.2) is 18.7 Å². The Morgan fingerprint density at radius 2 is 1.88 bits per heavy atom. The molecular formula is C18H11F2N3O2S. The maximum Gasteiger partial charge on any atom is 0.232 e. The van der Waals surface area contributed by atoms with Crippen LogP contribution in [0, 0.1) is 11.6 Å². The van der Waals surface area contributed by atoms with Gasteiger partial charge in [0, 0.05) is 11.6 Å². The van der Waals surface area contributed by atoms with Gasteiger partial charge in [-0.2, -0.15) is 0 Å². The highest BCUT2D eigenvalue weighted by Gasteiger charge is 2.14. The van der Waals surface area contributed by atoms with Crippen LogP contribution in [0.2, 0.25) is 0 Å². The molecule has 2 aromatic heterocycles. The van der Waals surface area contributed by atoms with Crippen LogP contribution in [-0.4, -0.2) is 15.9 Å². The van der Waals surface area contributed by atoms with Gasteiger partial charge in [0.1, 0.15) is 6.26 Å². The molecule has 130 valence electrons. The van der Waals surface area contributed by atoms with Gasteiger partial charge in [0.05, 0.1) is 22.3 Å². The largest absolute Gasteiger partial charge is 0.444 e. The van der Waals surface area contributed by atoms with Crippen LogP contribution >= 0.6 is 11.3 Å². The third-order valence-electron chi connectivity index (χ3n) is 3.59. The fraction of sp³-hybridized carbons (Fsp3) is 0.0556. The van der Waals surface area contributed by atoms with Crippen LogP contribution in [0.4, 0.5) is 13.9 Å². The summed E-state index contributed by atoms with van der Waals surface area (Å²) in [5.74, 6) is -1.84. The zero-order chi connectivity index (χ0) is 18.1. The normalized spacial score (nSPS) is 11.0. The maximum absolute atomic E-state index is 13.2. The van der Waals surface area contributed by atoms with Crippen LogP contribution < -0.4 is 5.32 Å². The van der Waals surface area contributed by atoms with Gasteiger partial charge in [0.25, 0.3) is 0 Å². The highest BCUT2D eigenvalue weighted by molar-refractivity contribution is 7.22. The summed E-state index contributed by atoms with van der Waals surface area (Å²) >= 11 is 1.07. The van der Waals surface area contributed by atoms with Crippen molar-refractivity contribution in [1.29, 1.82) is 0 Å². The number of fused-ring (bicyclic) bond motifs is 1. The lowest BCUT2D eigenvalue weighted by Crippen LogP contribution is -2.14. The molecule has 0 bridgehead atoms. The number of halogens is 2. The Morgan fingerprint density at radius 1 is 1.12 bits per heavy atom. The molecule has 2 heterocycles. The number of hydrogen-bond donors (Lipinski definition) is 1. The van der Waals surface area contributed by atoms with Crippen LogP contribution in [0.5, 0.6) is 0 Å². The zero-order valence-electron chi connectivity index (χ0n) is 13.2. The Labute approximate surface area is 150 Å². The average Bonchev–Trinajstić information content (AvgIpc) is 3.22. The van der Waals surface area contributed by atoms with E-state index in [0.29, 0.717) is 16.3 Å². The maximum atomic E-state index is 13.2. The molecule has 4 aromatic rings. The van der Waals surface area contributed by atoms with Crippen molar-refractivity contribution in [2.75, 3.05) is 5.32 Å². The molecule has 26 heavy (non-hydrogen) atoms. The molecule has 4 rings (SSSR count). The van der Waals surface area contributed by atoms with Crippen molar-refractivity contribution in [3.8, 4) is 11.5 Å². The van der Waals surface area contributed by atoms with Gasteiger partial charge in [-0.15, -0.1) is 0 Å². The van der Waals surface area contributed by atoms with Crippen molar-refractivity contribution in [3.05, 3.63) is 66.1 Å². The Kier molecular flexibility index (Phi) is 4.18. The Bertz CT molecular complexity index is 1050. The third kappa shape index (κ3) is 3.31. The number of rotatable bonds is 4. The van der Waals surface area contributed by atoms with Crippen molar-refractivity contribution in [3.63, 3.8) is 0 Å². The summed E-state index contributed by atoms with van der Waals surface area (Å²) in [5.41, 5.74) is 1.57. The molecule has 0 spiro atoms. The minimum Gasteiger partial charge on any atom is -0.444 e. The predicted molar refractivity (Wildman–Crippen MR) is 93.8 cm³/mol. The summed E-state index contributed by atoms with van der Waals surface area (Å²) in [7, 11) is 0. The second-order valence-corrected chi connectivity index (χ2v) is 6.52. The summed E-state index contributed by atoms with van der Waals surface area (Å²) in [5, 5.41) is 2.88. The van der Waals surface area contributed by atoms with Crippen LogP contribution in [0.25, 0.3) is 21.7 Å². The number of benzene rings is 2. The first-order valence-corrected chi connectivity index (χ1v) is 8.45. The molecule has 0 unspecified atom stereocenters. The monoisotopic (exact) mass is 371 g/mol. The lowest BCUT2D eigenvalue weighted by Gasteiger charge is -1.98. The number of thiazole rings is 1. The molecular weight excluding hydrogens is 360 g/mol. The number of amides is 1. The highest BCUT2D eigenvalue weighted by atomic mass is 32.1. The van der Waals surface area contributed by atoms with Crippen molar-refractivity contribution in [1.82, 2.24) is 9.97 Å². The molecule has 0 radical (unpaired) electrons. The van der Waals surface area contributed by atoms with Crippen molar-refractivity contribution in [2.24, 2.45) is 0 Å². The average molecular weight is 371 g/mol. The number of hydrogen-bond acceptors (Lipinski definition) is 5. The lowest BCUT2D eigenvalue weighted by atomic mass is 10.2. The number of anilines is 1. The van der Waals surface area contributed by atoms with E-state index in [0.717, 1.165) is 29.0 Å². The van der Waals surface area contributed by atoms with E-state index in [9.17, 15) is 13.6 Å². The van der Waals surface area contributed by atoms with E-state index in [-0.39, 0.29) is 23.0 Å². The molecule has 2 aromatic carbocycles. The van der Waals surface area contributed by atoms with Crippen molar-refractivity contribution >= 4 is 32.6 Å². The fourth-order valence-corrected chi connectivity index (χ4v) is 3.30. The molecule has 0 saturated heterocycles. The van der Waals surface area contributed by atoms with E-state index >= 15 is 0 Å². The summed E-state index contributed by atoms with van der Waals surface area (Å²) in [4.78, 5) is 20.5. The molecule has 0 fully saturated rings. The molecule has 1 N–H and O–H groups in total. The quantitative estimate of drug-likeness (QED) is 0.577. The van der Waals surface area contributed by atoms with Gasteiger partial charge < -0.3 is 9.73 Å². The molecule has 1 amide bonds. The van der Waals surface area contributed by atoms with Crippen LogP contribution in [-0.2, 0) is 11.2 Å². The Hall–Kier alpha value is -3.13. The standard InChI is InChI=1S/C18H11F2N3O2S/c19-12-7-14-15(8-13(12)20)26-18(22-14)23-16(24)6-11-9-25-17(21-11)10-4-2-1-3-5-10/h1-5,7-9H,6H2,(H,22,23,24). The number of oxazole rings is 1. The van der Waals surface area contributed by atoms with Gasteiger partial charge in [-0.05, 0) is 18.2 Å². The fourth-order valence-electron chi connectivity index (χ4n) is 2.41. The lowest BCUT2D eigenvalue weighted by molar-refractivity contribution is -0.115. The van der Waals surface area contributed by atoms with Gasteiger partial charge in [-0.1, -0.05) is 29.5 Å². The van der Waals surface area contributed by atoms with E-state index in [1.807, 2.05) is 30.3 Å². The van der Waals surface area contributed by atoms with E-state index in [1.165, 1.54) is 6.26 Å². The minimum atomic E-state index is -0.975. The Balaban J connectivity index is 1.47. The van der Waals surface area contributed by atoms with Crippen molar-refractivity contribution in [2.45, 2.75) is 6.42 Å². The predicted octanol–water partition coefficient (Wildman–Crippen LogP) is 4.41. The summed E-state index contributed by atoms with van der Waals surface area (Å²) in [6, 6.07) is 11.4. The smallest absolute Gasteiger partial charge is 0.232 e. The summed E-state index contributed by atoms with van der Waals surface area (Å²) in [6.07, 6.45) is 1.42. The van der Waals surface area contributed by atoms with Crippen molar-refractivity contribution < 1.29 is 18.0 Å². The molecule has 0 aliphatic heterocycles. The molecule has 0 aliphatic rings. The van der Waals surface area contributed by atoms with Gasteiger partial charge in [0.15, 0.2) is 16.8 Å². The van der Waals surface area contributed by atoms with E-state index in [1.54, 1.807) is 0 Å². The first-order chi connectivity index (χ1) is 12.6. The number of carbonyl (C=O) groups excluding carboxylic acids is 1. The third-order valence-corrected chi connectivity index (χ3v) is 4.52. The topological polar surface area (TPSA) is 68.0 Å². The Morgan fingerprint density at radius 3 is 2.69 bits per heavy atom. The second kappa shape index (κ2) is 6.64. The highest BCUT2D eigenvalue weighted by Crippen LogP contribution is 2.28. The summed E-state index contributed by atoms with van der Waals surface area (Å²) < 4.78 is 32.3. The van der Waals surface area contributed by atoms with Crippen LogP contribution in [0.3, 0.4) is 0 Å². The van der Waals surface area contributed by atoms with Crippen LogP contribution in [0.15, 0.2) is 53.1 Å². The molecule has 0 saturated carbocycles. The zero-order valence-corrected chi connectivity index (χ0v) is 14.0. The SMILES string of the molecule is O=C(Cc1coc(-c2ccccc2)n1)Nc1nc2cc(F)c(F)cc2s1. The van der Waals surface area contributed by atoms with Gasteiger partial charge in [0.2, 0.25) is 11.8 Å². The molecule has 0 aliphatic carbocycles. The minimum absolute atomic E-state index is 0.00498. The number of carbonyl (C=O) groups is 1. The summed E-state index contributed by atoms with van der Waals surface area (Å²) in [6.45, 7) is 0. The molecule has 5 nitrogen and oxygen atoms in total. The van der Waals surface area contributed by atoms with E-state index in [4.69, 9.17) is 4.42 Å². The molecule has 8 heteroatoms. The number of nitrogens with zero attached hydrogens (tertiary/aromatic N) is 2. The van der Waals surface area contributed by atoms with Gasteiger partial charge in [-0.3, -0.25) is 4.79 Å². The first kappa shape index (κ1) is 16.3. The van der Waals surface area contributed by atoms with Crippen LogP contribution in [0.1, 0.15) is 5.69 Å². The number of nitrogens with one attached hydrogen (secondary N) is 1. The van der Waals surface area contributed by atoms with E-state index < -0.39 is 11.6 Å². The van der Waals surface area contributed by atoms with Gasteiger partial charge >= 0.3 is 0 Å². The molecule has 0 atom stereocenters. The first-order valence-electron chi connectivity index (χ1n) is 7.64. The second-order valence-electron chi connectivity index (χ2n) is 5.49.